The topological polar surface area (TPSA) is 0 Å². The zero-order valence-corrected chi connectivity index (χ0v) is 10.6. The van der Waals surface area contributed by atoms with E-state index in [9.17, 15) is 8.78 Å². The molecule has 0 heterocycles. The predicted octanol–water partition coefficient (Wildman–Crippen LogP) is 5.03. The van der Waals surface area contributed by atoms with Gasteiger partial charge in [-0.15, -0.1) is 0 Å². The molecule has 0 amide bonds. The van der Waals surface area contributed by atoms with Crippen LogP contribution in [0.2, 0.25) is 0 Å². The predicted molar refractivity (Wildman–Crippen MR) is 70.8 cm³/mol. The maximum atomic E-state index is 13.1. The van der Waals surface area contributed by atoms with Crippen LogP contribution in [0.4, 0.5) is 8.78 Å². The van der Waals surface area contributed by atoms with Gasteiger partial charge in [0.05, 0.1) is 0 Å². The van der Waals surface area contributed by atoms with E-state index in [1.165, 1.54) is 17.7 Å². The highest BCUT2D eigenvalue weighted by Crippen LogP contribution is 2.29. The highest BCUT2D eigenvalue weighted by Gasteiger charge is 2.23. The van der Waals surface area contributed by atoms with Gasteiger partial charge in [0, 0.05) is 12.5 Å². The second-order valence-electron chi connectivity index (χ2n) is 4.52. The van der Waals surface area contributed by atoms with E-state index in [0.29, 0.717) is 0 Å². The summed E-state index contributed by atoms with van der Waals surface area (Å²) in [5, 5.41) is 0. The van der Waals surface area contributed by atoms with Crippen molar-refractivity contribution in [1.29, 1.82) is 0 Å². The smallest absolute Gasteiger partial charge is 0.202 e. The highest BCUT2D eigenvalue weighted by atomic mass is 19.3. The summed E-state index contributed by atoms with van der Waals surface area (Å²) in [6.45, 7) is 3.02. The molecular formula is C16H16F2. The molecule has 0 saturated carbocycles. The van der Waals surface area contributed by atoms with Crippen molar-refractivity contribution in [2.24, 2.45) is 0 Å². The Balaban J connectivity index is 2.28. The van der Waals surface area contributed by atoms with Gasteiger partial charge in [0.2, 0.25) is 0 Å². The molecule has 94 valence electrons. The zero-order chi connectivity index (χ0) is 13.2. The zero-order valence-electron chi connectivity index (χ0n) is 10.6. The molecule has 2 aromatic carbocycles. The van der Waals surface area contributed by atoms with Crippen molar-refractivity contribution in [2.75, 3.05) is 0 Å². The van der Waals surface area contributed by atoms with Gasteiger partial charge in [-0.25, -0.2) is 8.78 Å². The average molecular weight is 246 g/mol. The summed E-state index contributed by atoms with van der Waals surface area (Å²) in [7, 11) is 0. The molecule has 2 heteroatoms. The summed E-state index contributed by atoms with van der Waals surface area (Å²) in [5.74, 6) is -2.77. The Morgan fingerprint density at radius 1 is 0.833 bits per heavy atom. The second kappa shape index (κ2) is 4.89. The number of halogens is 2. The standard InChI is InChI=1S/C16H16F2/c1-3-12-4-6-13(7-5-12)14-8-10-15(11-9-14)16(2,17)18/h4-11H,3H2,1-2H3. The van der Waals surface area contributed by atoms with Gasteiger partial charge in [-0.3, -0.25) is 0 Å². The normalized spacial score (nSPS) is 11.6. The molecule has 0 spiro atoms. The third kappa shape index (κ3) is 2.76. The Bertz CT molecular complexity index is 504. The lowest BCUT2D eigenvalue weighted by molar-refractivity contribution is 0.0175. The Morgan fingerprint density at radius 2 is 1.28 bits per heavy atom. The fraction of sp³-hybridized carbons (Fsp3) is 0.250. The monoisotopic (exact) mass is 246 g/mol. The first kappa shape index (κ1) is 12.7. The second-order valence-corrected chi connectivity index (χ2v) is 4.52. The van der Waals surface area contributed by atoms with Gasteiger partial charge in [0.25, 0.3) is 5.92 Å². The number of rotatable bonds is 3. The molecular weight excluding hydrogens is 230 g/mol. The van der Waals surface area contributed by atoms with Crippen LogP contribution in [0.1, 0.15) is 25.0 Å². The molecule has 0 aliphatic rings. The van der Waals surface area contributed by atoms with Crippen molar-refractivity contribution in [3.63, 3.8) is 0 Å². The third-order valence-corrected chi connectivity index (χ3v) is 3.09. The van der Waals surface area contributed by atoms with Gasteiger partial charge in [-0.1, -0.05) is 55.5 Å². The van der Waals surface area contributed by atoms with Crippen molar-refractivity contribution >= 4 is 0 Å². The minimum Gasteiger partial charge on any atom is -0.202 e. The van der Waals surface area contributed by atoms with Crippen molar-refractivity contribution in [2.45, 2.75) is 26.2 Å². The lowest BCUT2D eigenvalue weighted by Gasteiger charge is -2.11. The molecule has 0 aromatic heterocycles. The van der Waals surface area contributed by atoms with Crippen LogP contribution in [0.25, 0.3) is 11.1 Å². The summed E-state index contributed by atoms with van der Waals surface area (Å²) in [6, 6.07) is 14.7. The van der Waals surface area contributed by atoms with E-state index in [0.717, 1.165) is 24.5 Å². The number of hydrogen-bond acceptors (Lipinski definition) is 0. The van der Waals surface area contributed by atoms with Gasteiger partial charge < -0.3 is 0 Å². The molecule has 0 N–H and O–H groups in total. The van der Waals surface area contributed by atoms with Gasteiger partial charge >= 0.3 is 0 Å². The number of hydrogen-bond donors (Lipinski definition) is 0. The lowest BCUT2D eigenvalue weighted by Crippen LogP contribution is -2.06. The first-order valence-electron chi connectivity index (χ1n) is 6.08. The van der Waals surface area contributed by atoms with E-state index in [1.54, 1.807) is 12.1 Å². The molecule has 0 bridgehead atoms. The van der Waals surface area contributed by atoms with Crippen molar-refractivity contribution in [1.82, 2.24) is 0 Å². The van der Waals surface area contributed by atoms with Crippen molar-refractivity contribution < 1.29 is 8.78 Å². The molecule has 2 aromatic rings. The van der Waals surface area contributed by atoms with E-state index < -0.39 is 5.92 Å². The van der Waals surface area contributed by atoms with E-state index in [1.807, 2.05) is 12.1 Å². The lowest BCUT2D eigenvalue weighted by atomic mass is 10.0. The molecule has 0 nitrogen and oxygen atoms in total. The van der Waals surface area contributed by atoms with Gasteiger partial charge in [-0.05, 0) is 23.1 Å². The molecule has 0 saturated heterocycles. The first-order chi connectivity index (χ1) is 8.50. The quantitative estimate of drug-likeness (QED) is 0.712. The fourth-order valence-electron chi connectivity index (χ4n) is 1.89. The van der Waals surface area contributed by atoms with Crippen LogP contribution < -0.4 is 0 Å². The Hall–Kier alpha value is -1.70. The SMILES string of the molecule is CCc1ccc(-c2ccc(C(C)(F)F)cc2)cc1. The summed E-state index contributed by atoms with van der Waals surface area (Å²) >= 11 is 0. The number of aryl methyl sites for hydroxylation is 1. The Kier molecular flexibility index (Phi) is 3.46. The summed E-state index contributed by atoms with van der Waals surface area (Å²) in [6.07, 6.45) is 1.00. The van der Waals surface area contributed by atoms with Crippen LogP contribution in [0.15, 0.2) is 48.5 Å². The minimum absolute atomic E-state index is 0.0522. The number of alkyl halides is 2. The van der Waals surface area contributed by atoms with Crippen molar-refractivity contribution in [3.8, 4) is 11.1 Å². The maximum Gasteiger partial charge on any atom is 0.270 e. The maximum absolute atomic E-state index is 13.1. The van der Waals surface area contributed by atoms with Crippen LogP contribution >= 0.6 is 0 Å². The minimum atomic E-state index is -2.77. The van der Waals surface area contributed by atoms with Gasteiger partial charge in [0.15, 0.2) is 0 Å². The summed E-state index contributed by atoms with van der Waals surface area (Å²) in [5.41, 5.74) is 3.34. The van der Waals surface area contributed by atoms with E-state index >= 15 is 0 Å². The molecule has 0 aliphatic heterocycles. The summed E-state index contributed by atoms with van der Waals surface area (Å²) in [4.78, 5) is 0. The van der Waals surface area contributed by atoms with Crippen LogP contribution in [-0.2, 0) is 12.3 Å². The van der Waals surface area contributed by atoms with Crippen molar-refractivity contribution in [3.05, 3.63) is 59.7 Å². The molecule has 0 radical (unpaired) electrons. The first-order valence-corrected chi connectivity index (χ1v) is 6.08. The number of benzene rings is 2. The van der Waals surface area contributed by atoms with E-state index in [2.05, 4.69) is 19.1 Å². The average Bonchev–Trinajstić information content (AvgIpc) is 2.38. The molecule has 0 aliphatic carbocycles. The molecule has 18 heavy (non-hydrogen) atoms. The fourth-order valence-corrected chi connectivity index (χ4v) is 1.89. The molecule has 0 fully saturated rings. The van der Waals surface area contributed by atoms with Gasteiger partial charge in [0.1, 0.15) is 0 Å². The van der Waals surface area contributed by atoms with Crippen LogP contribution in [-0.4, -0.2) is 0 Å². The largest absolute Gasteiger partial charge is 0.270 e. The van der Waals surface area contributed by atoms with Crippen LogP contribution in [0, 0.1) is 0 Å². The van der Waals surface area contributed by atoms with Gasteiger partial charge in [-0.2, -0.15) is 0 Å². The third-order valence-electron chi connectivity index (χ3n) is 3.09. The molecule has 0 unspecified atom stereocenters. The van der Waals surface area contributed by atoms with E-state index in [-0.39, 0.29) is 5.56 Å². The highest BCUT2D eigenvalue weighted by molar-refractivity contribution is 5.64. The van der Waals surface area contributed by atoms with E-state index in [4.69, 9.17) is 0 Å². The van der Waals surface area contributed by atoms with Crippen LogP contribution in [0.5, 0.6) is 0 Å². The Morgan fingerprint density at radius 3 is 1.67 bits per heavy atom. The molecule has 2 rings (SSSR count). The van der Waals surface area contributed by atoms with Crippen LogP contribution in [0.3, 0.4) is 0 Å². The Labute approximate surface area is 106 Å². The molecule has 0 atom stereocenters. The summed E-state index contributed by atoms with van der Waals surface area (Å²) < 4.78 is 26.2.